The van der Waals surface area contributed by atoms with Crippen LogP contribution in [0.2, 0.25) is 0 Å². The van der Waals surface area contributed by atoms with Crippen molar-refractivity contribution in [2.45, 2.75) is 33.6 Å². The van der Waals surface area contributed by atoms with Crippen LogP contribution in [0.1, 0.15) is 29.8 Å². The predicted molar refractivity (Wildman–Crippen MR) is 119 cm³/mol. The van der Waals surface area contributed by atoms with Gasteiger partial charge in [0.1, 0.15) is 0 Å². The second-order valence-corrected chi connectivity index (χ2v) is 7.09. The van der Waals surface area contributed by atoms with Crippen LogP contribution in [0.3, 0.4) is 0 Å². The summed E-state index contributed by atoms with van der Waals surface area (Å²) in [5.41, 5.74) is 5.67. The summed E-state index contributed by atoms with van der Waals surface area (Å²) in [6.45, 7) is 6.57. The van der Waals surface area contributed by atoms with Crippen molar-refractivity contribution in [3.8, 4) is 0 Å². The minimum atomic E-state index is -0.0219. The number of hydrogen-bond acceptors (Lipinski definition) is 5. The Kier molecular flexibility index (Phi) is 6.79. The van der Waals surface area contributed by atoms with Crippen LogP contribution in [-0.4, -0.2) is 22.4 Å². The van der Waals surface area contributed by atoms with E-state index in [-0.39, 0.29) is 5.91 Å². The number of rotatable bonds is 8. The molecule has 3 aromatic rings. The Morgan fingerprint density at radius 2 is 1.55 bits per heavy atom. The molecular weight excluding hydrogens is 362 g/mol. The minimum Gasteiger partial charge on any atom is -0.354 e. The normalized spacial score (nSPS) is 10.4. The summed E-state index contributed by atoms with van der Waals surface area (Å²) in [4.78, 5) is 21.1. The molecule has 29 heavy (non-hydrogen) atoms. The second kappa shape index (κ2) is 9.68. The van der Waals surface area contributed by atoms with Crippen LogP contribution in [0.25, 0.3) is 0 Å². The van der Waals surface area contributed by atoms with Gasteiger partial charge in [-0.15, -0.1) is 0 Å². The number of benzene rings is 2. The summed E-state index contributed by atoms with van der Waals surface area (Å²) >= 11 is 0. The number of nitrogens with one attached hydrogen (secondary N) is 3. The first-order chi connectivity index (χ1) is 14.0. The minimum absolute atomic E-state index is 0.0219. The molecule has 0 aliphatic carbocycles. The van der Waals surface area contributed by atoms with Crippen LogP contribution in [0.5, 0.6) is 0 Å². The molecule has 1 heterocycles. The van der Waals surface area contributed by atoms with Crippen LogP contribution in [0.4, 0.5) is 23.0 Å². The molecule has 3 N–H and O–H groups in total. The Morgan fingerprint density at radius 3 is 2.24 bits per heavy atom. The van der Waals surface area contributed by atoms with Gasteiger partial charge in [-0.3, -0.25) is 4.79 Å². The van der Waals surface area contributed by atoms with E-state index >= 15 is 0 Å². The maximum atomic E-state index is 12.4. The van der Waals surface area contributed by atoms with Gasteiger partial charge in [0.25, 0.3) is 0 Å². The zero-order chi connectivity index (χ0) is 20.6. The summed E-state index contributed by atoms with van der Waals surface area (Å²) in [7, 11) is 0. The first-order valence-electron chi connectivity index (χ1n) is 9.78. The van der Waals surface area contributed by atoms with E-state index in [1.807, 2.05) is 56.3 Å². The number of para-hydroxylation sites is 2. The van der Waals surface area contributed by atoms with Crippen LogP contribution in [0.15, 0.2) is 54.6 Å². The lowest BCUT2D eigenvalue weighted by Crippen LogP contribution is -2.15. The Balaban J connectivity index is 1.50. The van der Waals surface area contributed by atoms with Crippen LogP contribution in [0, 0.1) is 20.8 Å². The molecule has 6 heteroatoms. The molecule has 0 aliphatic heterocycles. The molecule has 0 saturated carbocycles. The highest BCUT2D eigenvalue weighted by Crippen LogP contribution is 2.25. The zero-order valence-corrected chi connectivity index (χ0v) is 17.1. The van der Waals surface area contributed by atoms with Crippen molar-refractivity contribution < 1.29 is 4.79 Å². The average Bonchev–Trinajstić information content (AvgIpc) is 2.68. The second-order valence-electron chi connectivity index (χ2n) is 7.09. The fourth-order valence-electron chi connectivity index (χ4n) is 2.96. The monoisotopic (exact) mass is 389 g/mol. The van der Waals surface area contributed by atoms with Gasteiger partial charge in [0.2, 0.25) is 11.9 Å². The summed E-state index contributed by atoms with van der Waals surface area (Å²) in [6, 6.07) is 17.8. The van der Waals surface area contributed by atoms with Crippen molar-refractivity contribution in [2.75, 3.05) is 22.5 Å². The van der Waals surface area contributed by atoms with E-state index in [9.17, 15) is 4.79 Å². The first kappa shape index (κ1) is 20.3. The number of aromatic nitrogens is 2. The molecule has 0 bridgehead atoms. The van der Waals surface area contributed by atoms with Gasteiger partial charge >= 0.3 is 0 Å². The smallest absolute Gasteiger partial charge is 0.224 e. The van der Waals surface area contributed by atoms with E-state index < -0.39 is 0 Å². The Labute approximate surface area is 171 Å². The highest BCUT2D eigenvalue weighted by Gasteiger charge is 2.07. The van der Waals surface area contributed by atoms with Crippen molar-refractivity contribution in [3.63, 3.8) is 0 Å². The molecule has 3 rings (SSSR count). The summed E-state index contributed by atoms with van der Waals surface area (Å²) < 4.78 is 0. The van der Waals surface area contributed by atoms with E-state index in [0.29, 0.717) is 25.3 Å². The number of nitrogens with zero attached hydrogens (tertiary/aromatic N) is 2. The third-order valence-corrected chi connectivity index (χ3v) is 4.38. The van der Waals surface area contributed by atoms with Gasteiger partial charge in [-0.05, 0) is 57.5 Å². The lowest BCUT2D eigenvalue weighted by atomic mass is 10.2. The van der Waals surface area contributed by atoms with Crippen molar-refractivity contribution in [3.05, 3.63) is 71.5 Å². The number of hydrogen-bond donors (Lipinski definition) is 3. The topological polar surface area (TPSA) is 78.9 Å². The molecule has 0 atom stereocenters. The fraction of sp³-hybridized carbons (Fsp3) is 0.261. The highest BCUT2D eigenvalue weighted by molar-refractivity contribution is 5.94. The molecule has 0 fully saturated rings. The maximum Gasteiger partial charge on any atom is 0.224 e. The molecule has 0 unspecified atom stereocenters. The van der Waals surface area contributed by atoms with E-state index in [4.69, 9.17) is 0 Å². The average molecular weight is 390 g/mol. The van der Waals surface area contributed by atoms with E-state index in [1.54, 1.807) is 0 Å². The molecule has 0 radical (unpaired) electrons. The van der Waals surface area contributed by atoms with Gasteiger partial charge in [-0.1, -0.05) is 29.8 Å². The van der Waals surface area contributed by atoms with Crippen LogP contribution >= 0.6 is 0 Å². The number of aryl methyl sites for hydroxylation is 3. The molecule has 6 nitrogen and oxygen atoms in total. The standard InChI is InChI=1S/C23H27N5O/c1-16-10-12-19(13-11-16)27-20-7-4-5-8-21(20)28-22(29)9-6-14-24-23-25-17(2)15-18(3)26-23/h4-5,7-8,10-13,15,27H,6,9,14H2,1-3H3,(H,28,29)(H,24,25,26). The Bertz CT molecular complexity index is 949. The van der Waals surface area contributed by atoms with Crippen molar-refractivity contribution >= 4 is 28.9 Å². The maximum absolute atomic E-state index is 12.4. The molecule has 1 aromatic heterocycles. The van der Waals surface area contributed by atoms with Gasteiger partial charge in [0, 0.05) is 30.0 Å². The van der Waals surface area contributed by atoms with Crippen molar-refractivity contribution in [1.82, 2.24) is 9.97 Å². The Morgan fingerprint density at radius 1 is 0.897 bits per heavy atom. The SMILES string of the molecule is Cc1ccc(Nc2ccccc2NC(=O)CCCNc2nc(C)cc(C)n2)cc1. The molecule has 0 aliphatic rings. The first-order valence-corrected chi connectivity index (χ1v) is 9.78. The van der Waals surface area contributed by atoms with Gasteiger partial charge in [-0.2, -0.15) is 0 Å². The van der Waals surface area contributed by atoms with Gasteiger partial charge < -0.3 is 16.0 Å². The lowest BCUT2D eigenvalue weighted by Gasteiger charge is -2.13. The van der Waals surface area contributed by atoms with Gasteiger partial charge in [0.05, 0.1) is 11.4 Å². The van der Waals surface area contributed by atoms with Crippen LogP contribution in [-0.2, 0) is 4.79 Å². The number of carbonyl (C=O) groups excluding carboxylic acids is 1. The summed E-state index contributed by atoms with van der Waals surface area (Å²) in [5.74, 6) is 0.585. The van der Waals surface area contributed by atoms with E-state index in [2.05, 4.69) is 45.0 Å². The zero-order valence-electron chi connectivity index (χ0n) is 17.1. The molecule has 1 amide bonds. The predicted octanol–water partition coefficient (Wildman–Crippen LogP) is 4.98. The van der Waals surface area contributed by atoms with E-state index in [0.717, 1.165) is 28.5 Å². The van der Waals surface area contributed by atoms with E-state index in [1.165, 1.54) is 5.56 Å². The number of carbonyl (C=O) groups is 1. The van der Waals surface area contributed by atoms with Gasteiger partial charge in [0.15, 0.2) is 0 Å². The third kappa shape index (κ3) is 6.31. The summed E-state index contributed by atoms with van der Waals surface area (Å²) in [6.07, 6.45) is 1.10. The molecular formula is C23H27N5O. The molecule has 2 aromatic carbocycles. The molecule has 0 spiro atoms. The number of amides is 1. The third-order valence-electron chi connectivity index (χ3n) is 4.38. The number of anilines is 4. The molecule has 0 saturated heterocycles. The van der Waals surface area contributed by atoms with Crippen molar-refractivity contribution in [2.24, 2.45) is 0 Å². The quantitative estimate of drug-likeness (QED) is 0.474. The van der Waals surface area contributed by atoms with Gasteiger partial charge in [-0.25, -0.2) is 9.97 Å². The fourth-order valence-corrected chi connectivity index (χ4v) is 2.96. The highest BCUT2D eigenvalue weighted by atomic mass is 16.1. The lowest BCUT2D eigenvalue weighted by molar-refractivity contribution is -0.116. The summed E-state index contributed by atoms with van der Waals surface area (Å²) in [5, 5.41) is 9.54. The Hall–Kier alpha value is -3.41. The van der Waals surface area contributed by atoms with Crippen LogP contribution < -0.4 is 16.0 Å². The molecule has 150 valence electrons. The largest absolute Gasteiger partial charge is 0.354 e. The van der Waals surface area contributed by atoms with Crippen molar-refractivity contribution in [1.29, 1.82) is 0 Å².